The van der Waals surface area contributed by atoms with Crippen molar-refractivity contribution >= 4 is 61.5 Å². The molecule has 0 aromatic carbocycles. The van der Waals surface area contributed by atoms with Crippen LogP contribution in [0.2, 0.25) is 0 Å². The Hall–Kier alpha value is -7.40. The number of guanidine groups is 5. The fraction of sp³-hybridized carbons (Fsp3) is 0.556. The van der Waals surface area contributed by atoms with Crippen LogP contribution < -0.4 is 28.7 Å². The second kappa shape index (κ2) is 29.1. The molecule has 0 aromatic heterocycles. The van der Waals surface area contributed by atoms with E-state index in [-0.39, 0.29) is 58.9 Å². The Balaban J connectivity index is 0.000000170. The number of hydrogen-bond acceptors (Lipinski definition) is 40. The first-order valence-corrected chi connectivity index (χ1v) is 25.1. The van der Waals surface area contributed by atoms with Crippen LogP contribution in [0.4, 0.5) is 0 Å². The molecule has 0 aromatic rings. The molecule has 0 radical (unpaired) electrons. The monoisotopic (exact) mass is 1210 g/mol. The Kier molecular flexibility index (Phi) is 22.9. The van der Waals surface area contributed by atoms with E-state index >= 15 is 0 Å². The third-order valence-corrected chi connectivity index (χ3v) is 13.2. The summed E-state index contributed by atoms with van der Waals surface area (Å²) in [7, 11) is 0. The zero-order valence-corrected chi connectivity index (χ0v) is 44.8. The van der Waals surface area contributed by atoms with Gasteiger partial charge in [-0.3, -0.25) is 24.5 Å². The predicted octanol–water partition coefficient (Wildman–Crippen LogP) is -12.2. The smallest absolute Gasteiger partial charge is 0.223 e. The number of nitrogens with zero attached hydrogens (tertiary/aromatic N) is 15. The minimum Gasteiger partial charge on any atom is -0.394 e. The molecule has 5 unspecified atom stereocenters. The van der Waals surface area contributed by atoms with E-state index in [0.717, 1.165) is 0 Å². The molecule has 0 spiro atoms. The summed E-state index contributed by atoms with van der Waals surface area (Å²) in [5.74, 6) is 1.48. The van der Waals surface area contributed by atoms with Crippen LogP contribution in [-0.4, -0.2) is 318 Å². The average molecular weight is 1210 g/mol. The summed E-state index contributed by atoms with van der Waals surface area (Å²) >= 11 is 0. The molecule has 10 aliphatic rings. The third-order valence-electron chi connectivity index (χ3n) is 13.2. The molecular weight excluding hydrogens is 1140 g/mol. The van der Waals surface area contributed by atoms with E-state index in [9.17, 15) is 51.1 Å². The Bertz CT molecular complexity index is 2330. The van der Waals surface area contributed by atoms with E-state index in [1.807, 2.05) is 0 Å². The van der Waals surface area contributed by atoms with Gasteiger partial charge in [-0.25, -0.2) is 25.0 Å². The lowest BCUT2D eigenvalue weighted by molar-refractivity contribution is -0.0607. The van der Waals surface area contributed by atoms with Gasteiger partial charge in [-0.1, -0.05) is 32.9 Å². The Labute approximate surface area is 481 Å². The van der Waals surface area contributed by atoms with E-state index < -0.39 is 156 Å². The average Bonchev–Trinajstić information content (AvgIpc) is 4.13. The van der Waals surface area contributed by atoms with E-state index in [4.69, 9.17) is 77.9 Å². The zero-order chi connectivity index (χ0) is 62.9. The van der Waals surface area contributed by atoms with Gasteiger partial charge in [0, 0.05) is 0 Å². The third kappa shape index (κ3) is 15.2. The predicted molar refractivity (Wildman–Crippen MR) is 294 cm³/mol. The maximum absolute atomic E-state index is 9.78. The van der Waals surface area contributed by atoms with E-state index in [0.29, 0.717) is 0 Å². The summed E-state index contributed by atoms with van der Waals surface area (Å²) in [6.07, 6.45) is -14.0. The second-order valence-electron chi connectivity index (χ2n) is 18.8. The highest BCUT2D eigenvalue weighted by molar-refractivity contribution is 5.91. The van der Waals surface area contributed by atoms with Crippen LogP contribution in [0.15, 0.2) is 112 Å². The summed E-state index contributed by atoms with van der Waals surface area (Å²) in [4.78, 5) is 44.5. The van der Waals surface area contributed by atoms with Crippen molar-refractivity contribution in [1.82, 2.24) is 24.5 Å². The first-order chi connectivity index (χ1) is 40.2. The number of hydrogen-bond donors (Lipinski definition) is 20. The SMILES string of the molecule is C=C1N=C(N)N=CN1[C@@H]1O[C@H](CO)[C@H](O)C1O.C=C1N=C(N)N=CN1[C@@H]1O[C@H](CO)[C@H](O)C1O.C=C1N=C(N)N=CN1[C@@H]1O[C@H](CO)[C@H](O)C1O.C=C1N=C(N)N=CN1[C@@H]1O[C@H](CO)[C@H](O)C1O.C=C1N=C(N)N=CN1[C@@H]1O[C@H](CO)[C@H](O)C1O. The van der Waals surface area contributed by atoms with Crippen molar-refractivity contribution in [2.24, 2.45) is 78.6 Å². The van der Waals surface area contributed by atoms with Crippen LogP contribution in [-0.2, 0) is 23.7 Å². The van der Waals surface area contributed by atoms with Crippen molar-refractivity contribution < 1.29 is 100 Å². The highest BCUT2D eigenvalue weighted by atomic mass is 16.6. The largest absolute Gasteiger partial charge is 0.394 e. The van der Waals surface area contributed by atoms with Crippen LogP contribution in [0.5, 0.6) is 0 Å². The normalized spacial score (nSPS) is 37.5. The van der Waals surface area contributed by atoms with Crippen molar-refractivity contribution in [3.8, 4) is 0 Å². The topological polar surface area (TPSA) is 620 Å². The van der Waals surface area contributed by atoms with Crippen LogP contribution in [0.25, 0.3) is 0 Å². The standard InChI is InChI=1S/5C9H14N4O4/c5*1-4-12-9(10)11-3-13(4)8-7(16)6(15)5(2-14)17-8/h5*3,5-8,14-16H,1-2H2,(H2,10,12)/t5*5-,6+,7?,8-/m11111/s1. The van der Waals surface area contributed by atoms with Gasteiger partial charge in [-0.15, -0.1) is 0 Å². The van der Waals surface area contributed by atoms with E-state index in [1.165, 1.54) is 56.2 Å². The number of nitrogens with two attached hydrogens (primary N) is 5. The summed E-state index contributed by atoms with van der Waals surface area (Å²) < 4.78 is 26.5. The van der Waals surface area contributed by atoms with Gasteiger partial charge in [-0.05, 0) is 0 Å². The maximum atomic E-state index is 9.78. The lowest BCUT2D eigenvalue weighted by atomic mass is 10.1. The Morgan fingerprint density at radius 1 is 0.294 bits per heavy atom. The van der Waals surface area contributed by atoms with Crippen LogP contribution in [0.1, 0.15) is 0 Å². The van der Waals surface area contributed by atoms with Gasteiger partial charge in [0.1, 0.15) is 152 Å². The summed E-state index contributed by atoms with van der Waals surface area (Å²) in [5, 5.41) is 142. The molecule has 40 heteroatoms. The fourth-order valence-corrected chi connectivity index (χ4v) is 8.65. The van der Waals surface area contributed by atoms with E-state index in [2.05, 4.69) is 82.8 Å². The van der Waals surface area contributed by atoms with Gasteiger partial charge >= 0.3 is 0 Å². The molecule has 20 atom stereocenters. The second-order valence-corrected chi connectivity index (χ2v) is 18.8. The van der Waals surface area contributed by atoms with Crippen molar-refractivity contribution in [2.45, 2.75) is 123 Å². The lowest BCUT2D eigenvalue weighted by Crippen LogP contribution is -2.44. The highest BCUT2D eigenvalue weighted by Crippen LogP contribution is 2.31. The van der Waals surface area contributed by atoms with Crippen molar-refractivity contribution in [3.05, 3.63) is 62.0 Å². The molecule has 0 amide bonds. The fourth-order valence-electron chi connectivity index (χ4n) is 8.65. The summed E-state index contributed by atoms with van der Waals surface area (Å²) in [6.45, 7) is 16.2. The van der Waals surface area contributed by atoms with E-state index in [1.54, 1.807) is 0 Å². The zero-order valence-electron chi connectivity index (χ0n) is 44.8. The molecule has 0 bridgehead atoms. The first-order valence-electron chi connectivity index (χ1n) is 25.1. The van der Waals surface area contributed by atoms with Crippen molar-refractivity contribution in [3.63, 3.8) is 0 Å². The molecule has 5 fully saturated rings. The molecule has 10 rings (SSSR count). The maximum Gasteiger partial charge on any atom is 0.223 e. The molecule has 25 N–H and O–H groups in total. The van der Waals surface area contributed by atoms with Gasteiger partial charge in [0.2, 0.25) is 29.8 Å². The molecule has 0 saturated carbocycles. The molecule has 85 heavy (non-hydrogen) atoms. The summed E-state index contributed by atoms with van der Waals surface area (Å²) in [6, 6.07) is 0. The van der Waals surface area contributed by atoms with Crippen LogP contribution in [0, 0.1) is 0 Å². The van der Waals surface area contributed by atoms with Crippen molar-refractivity contribution in [2.75, 3.05) is 33.0 Å². The molecule has 40 nitrogen and oxygen atoms in total. The molecule has 470 valence electrons. The molecule has 10 heterocycles. The van der Waals surface area contributed by atoms with Gasteiger partial charge < -0.3 is 129 Å². The molecule has 5 saturated heterocycles. The van der Waals surface area contributed by atoms with Crippen molar-refractivity contribution in [1.29, 1.82) is 0 Å². The Morgan fingerprint density at radius 2 is 0.435 bits per heavy atom. The summed E-state index contributed by atoms with van der Waals surface area (Å²) in [5.41, 5.74) is 26.9. The first kappa shape index (κ1) is 66.7. The number of ether oxygens (including phenoxy) is 5. The lowest BCUT2D eigenvalue weighted by Gasteiger charge is -2.29. The quantitative estimate of drug-likeness (QED) is 0.0966. The van der Waals surface area contributed by atoms with Gasteiger partial charge in [0.05, 0.1) is 33.0 Å². The van der Waals surface area contributed by atoms with Crippen LogP contribution in [0.3, 0.4) is 0 Å². The number of aliphatic hydroxyl groups excluding tert-OH is 15. The Morgan fingerprint density at radius 3 is 0.541 bits per heavy atom. The van der Waals surface area contributed by atoms with Gasteiger partial charge in [-0.2, -0.15) is 25.0 Å². The molecule has 10 aliphatic heterocycles. The number of rotatable bonds is 10. The van der Waals surface area contributed by atoms with Gasteiger partial charge in [0.25, 0.3) is 0 Å². The number of aliphatic hydroxyl groups is 15. The van der Waals surface area contributed by atoms with Crippen LogP contribution >= 0.6 is 0 Å². The van der Waals surface area contributed by atoms with Gasteiger partial charge in [0.15, 0.2) is 31.1 Å². The highest BCUT2D eigenvalue weighted by Gasteiger charge is 2.50. The minimum absolute atomic E-state index is 0.0537. The molecular formula is C45H70N20O20. The number of aliphatic imine (C=N–C) groups is 10. The minimum atomic E-state index is -1.19. The molecule has 0 aliphatic carbocycles.